The molecule has 2 aromatic carbocycles. The number of benzene rings is 2. The average Bonchev–Trinajstić information content (AvgIpc) is 3.05. The number of amides is 1. The lowest BCUT2D eigenvalue weighted by Crippen LogP contribution is -2.30. The summed E-state index contributed by atoms with van der Waals surface area (Å²) >= 11 is 0. The number of nitrogens with zero attached hydrogens (tertiary/aromatic N) is 2. The van der Waals surface area contributed by atoms with Gasteiger partial charge in [0.1, 0.15) is 5.82 Å². The monoisotopic (exact) mass is 403 g/mol. The highest BCUT2D eigenvalue weighted by Crippen LogP contribution is 2.35. The number of carbonyl (C=O) groups excluding carboxylic acids is 1. The van der Waals surface area contributed by atoms with Crippen LogP contribution in [0, 0.1) is 11.7 Å². The van der Waals surface area contributed by atoms with Crippen molar-refractivity contribution in [3.63, 3.8) is 0 Å². The van der Waals surface area contributed by atoms with Crippen molar-refractivity contribution >= 4 is 27.3 Å². The number of hydrazone groups is 1. The summed E-state index contributed by atoms with van der Waals surface area (Å²) in [6, 6.07) is 12.5. The molecule has 0 saturated carbocycles. The smallest absolute Gasteiger partial charge is 0.245 e. The quantitative estimate of drug-likeness (QED) is 0.829. The van der Waals surface area contributed by atoms with Crippen LogP contribution >= 0.6 is 0 Å². The molecule has 0 fully saturated rings. The van der Waals surface area contributed by atoms with Gasteiger partial charge in [-0.05, 0) is 23.8 Å². The lowest BCUT2D eigenvalue weighted by Gasteiger charge is -2.23. The molecule has 0 saturated heterocycles. The van der Waals surface area contributed by atoms with Gasteiger partial charge in [-0.1, -0.05) is 44.2 Å². The molecule has 2 aromatic rings. The predicted molar refractivity (Wildman–Crippen MR) is 107 cm³/mol. The Morgan fingerprint density at radius 1 is 1.18 bits per heavy atom. The van der Waals surface area contributed by atoms with Crippen molar-refractivity contribution in [3.05, 3.63) is 65.5 Å². The van der Waals surface area contributed by atoms with E-state index in [0.717, 1.165) is 11.8 Å². The number of nitrogens with one attached hydrogen (secondary N) is 1. The normalized spacial score (nSPS) is 17.0. The number of para-hydroxylation sites is 1. The first-order valence-electron chi connectivity index (χ1n) is 8.89. The molecule has 1 aliphatic rings. The Bertz CT molecular complexity index is 1020. The molecule has 1 amide bonds. The topological polar surface area (TPSA) is 78.8 Å². The SMILES string of the molecule is CC(C)C(=O)N1N=C(c2ccccc2NS(C)(=O)=O)C[C@H]1c1ccc(F)cc1. The largest absolute Gasteiger partial charge is 0.283 e. The first kappa shape index (κ1) is 20.0. The van der Waals surface area contributed by atoms with Gasteiger partial charge in [-0.15, -0.1) is 0 Å². The van der Waals surface area contributed by atoms with E-state index in [2.05, 4.69) is 9.82 Å². The molecule has 0 unspecified atom stereocenters. The van der Waals surface area contributed by atoms with E-state index >= 15 is 0 Å². The van der Waals surface area contributed by atoms with Gasteiger partial charge in [-0.2, -0.15) is 5.10 Å². The van der Waals surface area contributed by atoms with Crippen LogP contribution < -0.4 is 4.72 Å². The second-order valence-electron chi connectivity index (χ2n) is 7.08. The Kier molecular flexibility index (Phi) is 5.51. The number of anilines is 1. The summed E-state index contributed by atoms with van der Waals surface area (Å²) in [7, 11) is -3.47. The Hall–Kier alpha value is -2.74. The van der Waals surface area contributed by atoms with E-state index in [-0.39, 0.29) is 23.7 Å². The molecule has 0 spiro atoms. The van der Waals surface area contributed by atoms with Crippen molar-refractivity contribution in [2.75, 3.05) is 11.0 Å². The van der Waals surface area contributed by atoms with Crippen LogP contribution in [0.25, 0.3) is 0 Å². The third-order valence-corrected chi connectivity index (χ3v) is 5.01. The molecule has 0 aromatic heterocycles. The van der Waals surface area contributed by atoms with Crippen LogP contribution in [0.5, 0.6) is 0 Å². The van der Waals surface area contributed by atoms with E-state index in [0.29, 0.717) is 23.4 Å². The van der Waals surface area contributed by atoms with Crippen LogP contribution in [0.1, 0.15) is 37.4 Å². The zero-order valence-electron chi connectivity index (χ0n) is 15.9. The fourth-order valence-corrected chi connectivity index (χ4v) is 3.69. The van der Waals surface area contributed by atoms with Gasteiger partial charge in [0, 0.05) is 17.9 Å². The Morgan fingerprint density at radius 2 is 1.82 bits per heavy atom. The molecule has 8 heteroatoms. The minimum atomic E-state index is -3.47. The maximum Gasteiger partial charge on any atom is 0.245 e. The fourth-order valence-electron chi connectivity index (χ4n) is 3.11. The van der Waals surface area contributed by atoms with Crippen LogP contribution in [0.3, 0.4) is 0 Å². The number of hydrogen-bond donors (Lipinski definition) is 1. The first-order chi connectivity index (χ1) is 13.2. The third kappa shape index (κ3) is 4.39. The van der Waals surface area contributed by atoms with E-state index < -0.39 is 10.0 Å². The summed E-state index contributed by atoms with van der Waals surface area (Å²) in [6.45, 7) is 3.58. The first-order valence-corrected chi connectivity index (χ1v) is 10.8. The zero-order valence-corrected chi connectivity index (χ0v) is 16.7. The van der Waals surface area contributed by atoms with E-state index in [1.807, 2.05) is 0 Å². The van der Waals surface area contributed by atoms with Crippen LogP contribution in [0.2, 0.25) is 0 Å². The van der Waals surface area contributed by atoms with Crippen LogP contribution in [-0.2, 0) is 14.8 Å². The minimum absolute atomic E-state index is 0.155. The Morgan fingerprint density at radius 3 is 2.43 bits per heavy atom. The highest BCUT2D eigenvalue weighted by Gasteiger charge is 2.34. The zero-order chi connectivity index (χ0) is 20.5. The van der Waals surface area contributed by atoms with Crippen LogP contribution in [-0.4, -0.2) is 31.3 Å². The van der Waals surface area contributed by atoms with Gasteiger partial charge in [-0.25, -0.2) is 17.8 Å². The van der Waals surface area contributed by atoms with Crippen molar-refractivity contribution in [1.29, 1.82) is 0 Å². The van der Waals surface area contributed by atoms with E-state index in [9.17, 15) is 17.6 Å². The third-order valence-electron chi connectivity index (χ3n) is 4.42. The average molecular weight is 403 g/mol. The summed E-state index contributed by atoms with van der Waals surface area (Å²) < 4.78 is 39.2. The predicted octanol–water partition coefficient (Wildman–Crippen LogP) is 3.53. The fraction of sp³-hybridized carbons (Fsp3) is 0.300. The van der Waals surface area contributed by atoms with E-state index in [1.54, 1.807) is 50.2 Å². The highest BCUT2D eigenvalue weighted by atomic mass is 32.2. The lowest BCUT2D eigenvalue weighted by atomic mass is 9.97. The van der Waals surface area contributed by atoms with Gasteiger partial charge in [0.25, 0.3) is 0 Å². The Balaban J connectivity index is 2.02. The van der Waals surface area contributed by atoms with Crippen molar-refractivity contribution in [2.24, 2.45) is 11.0 Å². The van der Waals surface area contributed by atoms with Gasteiger partial charge in [-0.3, -0.25) is 9.52 Å². The molecular formula is C20H22FN3O3S. The highest BCUT2D eigenvalue weighted by molar-refractivity contribution is 7.92. The summed E-state index contributed by atoms with van der Waals surface area (Å²) in [5.41, 5.74) is 2.37. The second kappa shape index (κ2) is 7.71. The van der Waals surface area contributed by atoms with Crippen molar-refractivity contribution in [2.45, 2.75) is 26.3 Å². The molecule has 1 heterocycles. The summed E-state index contributed by atoms with van der Waals surface area (Å²) in [5, 5.41) is 5.94. The standard InChI is InChI=1S/C20H22FN3O3S/c1-13(2)20(25)24-19(14-8-10-15(21)11-9-14)12-18(22-24)16-6-4-5-7-17(16)23-28(3,26)27/h4-11,13,19,23H,12H2,1-3H3/t19-/m0/s1. The molecule has 1 atom stereocenters. The number of sulfonamides is 1. The maximum absolute atomic E-state index is 13.3. The van der Waals surface area contributed by atoms with Gasteiger partial charge in [0.2, 0.25) is 15.9 Å². The molecule has 28 heavy (non-hydrogen) atoms. The molecule has 3 rings (SSSR count). The molecule has 0 aliphatic carbocycles. The van der Waals surface area contributed by atoms with Gasteiger partial charge in [0.05, 0.1) is 23.7 Å². The van der Waals surface area contributed by atoms with Crippen molar-refractivity contribution in [3.8, 4) is 0 Å². The number of halogens is 1. The van der Waals surface area contributed by atoms with Crippen LogP contribution in [0.15, 0.2) is 53.6 Å². The molecule has 0 bridgehead atoms. The number of carbonyl (C=O) groups is 1. The van der Waals surface area contributed by atoms with Gasteiger partial charge >= 0.3 is 0 Å². The summed E-state index contributed by atoms with van der Waals surface area (Å²) in [5.74, 6) is -0.777. The maximum atomic E-state index is 13.3. The molecule has 1 aliphatic heterocycles. The van der Waals surface area contributed by atoms with E-state index in [4.69, 9.17) is 0 Å². The van der Waals surface area contributed by atoms with Crippen molar-refractivity contribution in [1.82, 2.24) is 5.01 Å². The summed E-state index contributed by atoms with van der Waals surface area (Å²) in [6.07, 6.45) is 1.47. The molecular weight excluding hydrogens is 381 g/mol. The van der Waals surface area contributed by atoms with Crippen molar-refractivity contribution < 1.29 is 17.6 Å². The molecule has 0 radical (unpaired) electrons. The Labute approximate surface area is 164 Å². The molecule has 1 N–H and O–H groups in total. The van der Waals surface area contributed by atoms with Gasteiger partial charge < -0.3 is 0 Å². The number of hydrogen-bond acceptors (Lipinski definition) is 4. The second-order valence-corrected chi connectivity index (χ2v) is 8.82. The number of rotatable bonds is 5. The van der Waals surface area contributed by atoms with E-state index in [1.165, 1.54) is 17.1 Å². The lowest BCUT2D eigenvalue weighted by molar-refractivity contribution is -0.136. The molecule has 6 nitrogen and oxygen atoms in total. The molecule has 148 valence electrons. The summed E-state index contributed by atoms with van der Waals surface area (Å²) in [4.78, 5) is 12.7. The van der Waals surface area contributed by atoms with Gasteiger partial charge in [0.15, 0.2) is 0 Å². The van der Waals surface area contributed by atoms with Crippen LogP contribution in [0.4, 0.5) is 10.1 Å². The minimum Gasteiger partial charge on any atom is -0.283 e.